The van der Waals surface area contributed by atoms with E-state index in [-0.39, 0.29) is 16.8 Å². The number of benzene rings is 1. The van der Waals surface area contributed by atoms with E-state index in [0.29, 0.717) is 24.4 Å². The minimum atomic E-state index is -3.69. The van der Waals surface area contributed by atoms with E-state index in [0.717, 1.165) is 12.8 Å². The molecule has 148 valence electrons. The Hall–Kier alpha value is -1.89. The summed E-state index contributed by atoms with van der Waals surface area (Å²) in [4.78, 5) is 12.7. The number of sulfonamides is 1. The lowest BCUT2D eigenvalue weighted by Gasteiger charge is -2.28. The summed E-state index contributed by atoms with van der Waals surface area (Å²) in [5.41, 5.74) is 0.142. The molecule has 1 aromatic carbocycles. The number of carbonyl (C=O) groups excluding carboxylic acids is 1. The second-order valence-electron chi connectivity index (χ2n) is 8.41. The number of fused-ring (bicyclic) bond motifs is 1. The van der Waals surface area contributed by atoms with E-state index < -0.39 is 15.4 Å². The zero-order chi connectivity index (χ0) is 19.5. The molecular formula is C20H29N3O3S. The van der Waals surface area contributed by atoms with E-state index in [9.17, 15) is 13.2 Å². The number of anilines is 1. The molecule has 2 N–H and O–H groups in total. The first kappa shape index (κ1) is 19.9. The third-order valence-electron chi connectivity index (χ3n) is 5.18. The minimum Gasteiger partial charge on any atom is -0.353 e. The van der Waals surface area contributed by atoms with Crippen molar-refractivity contribution in [3.05, 3.63) is 24.3 Å². The average Bonchev–Trinajstić information content (AvgIpc) is 2.81. The maximum absolute atomic E-state index is 12.5. The molecule has 0 saturated heterocycles. The summed E-state index contributed by atoms with van der Waals surface area (Å²) in [5, 5.41) is 6.28. The number of para-hydroxylation sites is 1. The van der Waals surface area contributed by atoms with Gasteiger partial charge in [0.1, 0.15) is 10.7 Å². The van der Waals surface area contributed by atoms with Crippen LogP contribution in [0.2, 0.25) is 0 Å². The molecule has 1 amide bonds. The highest BCUT2D eigenvalue weighted by atomic mass is 32.2. The SMILES string of the molecule is CC(C)(CC(=O)NC1CCCCCC1)CC1=NS(=O)(=O)c2ccccc2N1. The molecule has 1 fully saturated rings. The fourth-order valence-electron chi connectivity index (χ4n) is 3.90. The lowest BCUT2D eigenvalue weighted by atomic mass is 9.84. The standard InChI is InChI=1S/C20H29N3O3S/c1-20(2,14-19(24)21-15-9-5-3-4-6-10-15)13-18-22-16-11-7-8-12-17(16)27(25,26)23-18/h7-8,11-12,15H,3-6,9-10,13-14H2,1-2H3,(H,21,24)(H,22,23). The second kappa shape index (κ2) is 8.00. The van der Waals surface area contributed by atoms with Crippen LogP contribution in [0.4, 0.5) is 5.69 Å². The van der Waals surface area contributed by atoms with Crippen molar-refractivity contribution < 1.29 is 13.2 Å². The molecule has 0 aromatic heterocycles. The highest BCUT2D eigenvalue weighted by molar-refractivity contribution is 7.90. The van der Waals surface area contributed by atoms with Crippen molar-refractivity contribution in [1.29, 1.82) is 0 Å². The lowest BCUT2D eigenvalue weighted by Crippen LogP contribution is -2.38. The Morgan fingerprint density at radius 1 is 1.19 bits per heavy atom. The maximum atomic E-state index is 12.5. The molecule has 27 heavy (non-hydrogen) atoms. The molecule has 1 heterocycles. The molecule has 0 bridgehead atoms. The third-order valence-corrected chi connectivity index (χ3v) is 6.55. The van der Waals surface area contributed by atoms with Crippen LogP contribution in [0.5, 0.6) is 0 Å². The van der Waals surface area contributed by atoms with E-state index in [4.69, 9.17) is 0 Å². The average molecular weight is 392 g/mol. The van der Waals surface area contributed by atoms with Gasteiger partial charge in [-0.3, -0.25) is 4.79 Å². The van der Waals surface area contributed by atoms with Gasteiger partial charge in [-0.2, -0.15) is 8.42 Å². The zero-order valence-electron chi connectivity index (χ0n) is 16.1. The number of nitrogens with zero attached hydrogens (tertiary/aromatic N) is 1. The van der Waals surface area contributed by atoms with E-state index in [2.05, 4.69) is 15.0 Å². The highest BCUT2D eigenvalue weighted by Crippen LogP contribution is 2.32. The van der Waals surface area contributed by atoms with Crippen molar-refractivity contribution in [2.75, 3.05) is 5.32 Å². The molecule has 0 atom stereocenters. The van der Waals surface area contributed by atoms with E-state index in [1.807, 2.05) is 13.8 Å². The first-order valence-electron chi connectivity index (χ1n) is 9.74. The normalized spacial score (nSPS) is 20.0. The molecule has 1 aliphatic heterocycles. The predicted molar refractivity (Wildman–Crippen MR) is 107 cm³/mol. The molecule has 1 aliphatic carbocycles. The Morgan fingerprint density at radius 3 is 2.56 bits per heavy atom. The number of hydrogen-bond acceptors (Lipinski definition) is 4. The monoisotopic (exact) mass is 391 g/mol. The molecule has 2 aliphatic rings. The molecule has 6 nitrogen and oxygen atoms in total. The van der Waals surface area contributed by atoms with Crippen molar-refractivity contribution in [2.45, 2.75) is 76.2 Å². The van der Waals surface area contributed by atoms with Crippen molar-refractivity contribution in [3.63, 3.8) is 0 Å². The van der Waals surface area contributed by atoms with Crippen LogP contribution < -0.4 is 10.6 Å². The Labute approximate surface area is 161 Å². The Morgan fingerprint density at radius 2 is 1.85 bits per heavy atom. The van der Waals surface area contributed by atoms with Gasteiger partial charge in [0.25, 0.3) is 10.0 Å². The van der Waals surface area contributed by atoms with Gasteiger partial charge in [-0.1, -0.05) is 51.7 Å². The number of nitrogens with one attached hydrogen (secondary N) is 2. The van der Waals surface area contributed by atoms with Crippen LogP contribution in [0.15, 0.2) is 33.6 Å². The molecule has 0 spiro atoms. The van der Waals surface area contributed by atoms with Crippen molar-refractivity contribution in [3.8, 4) is 0 Å². The highest BCUT2D eigenvalue weighted by Gasteiger charge is 2.30. The summed E-state index contributed by atoms with van der Waals surface area (Å²) >= 11 is 0. The van der Waals surface area contributed by atoms with Gasteiger partial charge in [-0.25, -0.2) is 0 Å². The number of rotatable bonds is 5. The van der Waals surface area contributed by atoms with Crippen molar-refractivity contribution >= 4 is 27.5 Å². The van der Waals surface area contributed by atoms with Crippen LogP contribution in [0.1, 0.15) is 65.2 Å². The zero-order valence-corrected chi connectivity index (χ0v) is 16.9. The fraction of sp³-hybridized carbons (Fsp3) is 0.600. The summed E-state index contributed by atoms with van der Waals surface area (Å²) in [6, 6.07) is 7.01. The molecule has 7 heteroatoms. The van der Waals surface area contributed by atoms with Gasteiger partial charge < -0.3 is 10.6 Å². The first-order chi connectivity index (χ1) is 12.8. The van der Waals surface area contributed by atoms with Gasteiger partial charge in [-0.05, 0) is 30.4 Å². The van der Waals surface area contributed by atoms with Crippen LogP contribution >= 0.6 is 0 Å². The fourth-order valence-corrected chi connectivity index (χ4v) is 5.04. The number of carbonyl (C=O) groups is 1. The summed E-state index contributed by atoms with van der Waals surface area (Å²) in [5.74, 6) is 0.424. The minimum absolute atomic E-state index is 0.0339. The van der Waals surface area contributed by atoms with Crippen molar-refractivity contribution in [1.82, 2.24) is 5.32 Å². The maximum Gasteiger partial charge on any atom is 0.286 e. The largest absolute Gasteiger partial charge is 0.353 e. The van der Waals surface area contributed by atoms with Gasteiger partial charge in [0.15, 0.2) is 0 Å². The summed E-state index contributed by atoms with van der Waals surface area (Å²) in [6.45, 7) is 3.94. The Balaban J connectivity index is 1.62. The third kappa shape index (κ3) is 5.31. The quantitative estimate of drug-likeness (QED) is 0.747. The molecular weight excluding hydrogens is 362 g/mol. The number of amides is 1. The van der Waals surface area contributed by atoms with Crippen LogP contribution in [0, 0.1) is 5.41 Å². The first-order valence-corrected chi connectivity index (χ1v) is 11.2. The predicted octanol–water partition coefficient (Wildman–Crippen LogP) is 3.84. The summed E-state index contributed by atoms with van der Waals surface area (Å²) in [7, 11) is -3.69. The van der Waals surface area contributed by atoms with Gasteiger partial charge in [0.05, 0.1) is 5.69 Å². The molecule has 0 radical (unpaired) electrons. The number of hydrogen-bond donors (Lipinski definition) is 2. The van der Waals surface area contributed by atoms with Crippen molar-refractivity contribution in [2.24, 2.45) is 9.81 Å². The van der Waals surface area contributed by atoms with E-state index in [1.165, 1.54) is 25.7 Å². The van der Waals surface area contributed by atoms with Gasteiger partial charge in [0, 0.05) is 18.9 Å². The van der Waals surface area contributed by atoms with Gasteiger partial charge in [-0.15, -0.1) is 4.40 Å². The van der Waals surface area contributed by atoms with Crippen LogP contribution in [-0.4, -0.2) is 26.2 Å². The van der Waals surface area contributed by atoms with Crippen LogP contribution in [0.3, 0.4) is 0 Å². The van der Waals surface area contributed by atoms with Crippen LogP contribution in [-0.2, 0) is 14.8 Å². The smallest absolute Gasteiger partial charge is 0.286 e. The van der Waals surface area contributed by atoms with E-state index in [1.54, 1.807) is 24.3 Å². The molecule has 3 rings (SSSR count). The lowest BCUT2D eigenvalue weighted by molar-refractivity contribution is -0.123. The second-order valence-corrected chi connectivity index (χ2v) is 9.98. The summed E-state index contributed by atoms with van der Waals surface area (Å²) < 4.78 is 28.7. The Kier molecular flexibility index (Phi) is 5.89. The molecule has 0 unspecified atom stereocenters. The summed E-state index contributed by atoms with van der Waals surface area (Å²) in [6.07, 6.45) is 7.67. The topological polar surface area (TPSA) is 87.6 Å². The van der Waals surface area contributed by atoms with Crippen LogP contribution in [0.25, 0.3) is 0 Å². The molecule has 1 aromatic rings. The number of amidine groups is 1. The Bertz CT molecular complexity index is 823. The van der Waals surface area contributed by atoms with E-state index >= 15 is 0 Å². The van der Waals surface area contributed by atoms with Gasteiger partial charge in [0.2, 0.25) is 5.91 Å². The van der Waals surface area contributed by atoms with Gasteiger partial charge >= 0.3 is 0 Å². The molecule has 1 saturated carbocycles.